The molecule has 0 bridgehead atoms. The molecule has 2 amide bonds. The summed E-state index contributed by atoms with van der Waals surface area (Å²) in [6, 6.07) is 5.39. The van der Waals surface area contributed by atoms with Gasteiger partial charge in [-0.3, -0.25) is 0 Å². The molecule has 0 saturated heterocycles. The average Bonchev–Trinajstić information content (AvgIpc) is 2.65. The second-order valence-corrected chi connectivity index (χ2v) is 6.49. The van der Waals surface area contributed by atoms with Crippen LogP contribution in [0.2, 0.25) is 0 Å². The third-order valence-electron chi connectivity index (χ3n) is 3.30. The largest absolute Gasteiger partial charge is 0.481 e. The Balaban J connectivity index is 2.38. The van der Waals surface area contributed by atoms with E-state index in [1.807, 2.05) is 0 Å². The number of rotatable bonds is 8. The number of nitrogens with two attached hydrogens (primary N) is 1. The highest BCUT2D eigenvalue weighted by atomic mass is 32.2. The number of nitrogens with zero attached hydrogens (tertiary/aromatic N) is 3. The summed E-state index contributed by atoms with van der Waals surface area (Å²) in [6.07, 6.45) is 0. The van der Waals surface area contributed by atoms with Gasteiger partial charge in [0.05, 0.1) is 32.5 Å². The Labute approximate surface area is 159 Å². The van der Waals surface area contributed by atoms with Crippen molar-refractivity contribution in [2.45, 2.75) is 6.61 Å². The van der Waals surface area contributed by atoms with Crippen LogP contribution in [0.15, 0.2) is 30.3 Å². The van der Waals surface area contributed by atoms with Crippen LogP contribution in [0.3, 0.4) is 0 Å². The van der Waals surface area contributed by atoms with Crippen LogP contribution < -0.4 is 19.5 Å². The van der Waals surface area contributed by atoms with Gasteiger partial charge in [-0.05, 0) is 11.6 Å². The molecule has 0 radical (unpaired) electrons. The van der Waals surface area contributed by atoms with Gasteiger partial charge in [0.15, 0.2) is 0 Å². The van der Waals surface area contributed by atoms with Gasteiger partial charge in [0.2, 0.25) is 11.8 Å². The van der Waals surface area contributed by atoms with E-state index in [2.05, 4.69) is 9.97 Å². The molecule has 0 aliphatic rings. The summed E-state index contributed by atoms with van der Waals surface area (Å²) < 4.78 is 39.6. The lowest BCUT2D eigenvalue weighted by Gasteiger charge is -2.18. The van der Waals surface area contributed by atoms with E-state index < -0.39 is 34.9 Å². The molecule has 12 nitrogen and oxygen atoms in total. The maximum Gasteiger partial charge on any atom is 0.373 e. The molecule has 0 atom stereocenters. The number of amides is 2. The summed E-state index contributed by atoms with van der Waals surface area (Å²) in [6.45, 7) is -0.671. The zero-order valence-corrected chi connectivity index (χ0v) is 15.5. The Hall–Kier alpha value is -3.45. The number of methoxy groups -OCH3 is 2. The van der Waals surface area contributed by atoms with Gasteiger partial charge in [0, 0.05) is 0 Å². The summed E-state index contributed by atoms with van der Waals surface area (Å²) in [7, 11) is -2.32. The normalized spacial score (nSPS) is 10.9. The van der Waals surface area contributed by atoms with E-state index in [1.54, 1.807) is 0 Å². The number of carbonyl (C=O) groups is 2. The van der Waals surface area contributed by atoms with Crippen molar-refractivity contribution in [2.75, 3.05) is 18.5 Å². The predicted octanol–water partition coefficient (Wildman–Crippen LogP) is 0.539. The fourth-order valence-corrected chi connectivity index (χ4v) is 2.93. The van der Waals surface area contributed by atoms with Crippen molar-refractivity contribution >= 4 is 28.3 Å². The fraction of sp³-hybridized carbons (Fsp3) is 0.200. The van der Waals surface area contributed by atoms with Gasteiger partial charge < -0.3 is 20.3 Å². The molecule has 0 unspecified atom stereocenters. The number of carboxylic acids is 1. The highest BCUT2D eigenvalue weighted by Crippen LogP contribution is 2.23. The molecule has 0 fully saturated rings. The lowest BCUT2D eigenvalue weighted by Crippen LogP contribution is -2.42. The molecule has 0 spiro atoms. The summed E-state index contributed by atoms with van der Waals surface area (Å²) in [5.41, 5.74) is 5.06. The second-order valence-electron chi connectivity index (χ2n) is 5.04. The van der Waals surface area contributed by atoms with Crippen LogP contribution in [-0.4, -0.2) is 49.7 Å². The van der Waals surface area contributed by atoms with E-state index in [0.29, 0.717) is 0 Å². The molecule has 150 valence electrons. The Morgan fingerprint density at radius 1 is 1.14 bits per heavy atom. The van der Waals surface area contributed by atoms with Crippen LogP contribution in [0.5, 0.6) is 11.8 Å². The van der Waals surface area contributed by atoms with Gasteiger partial charge in [0.25, 0.3) is 5.95 Å². The lowest BCUT2D eigenvalue weighted by atomic mass is 10.1. The molecule has 0 saturated carbocycles. The number of carboxylic acid groups (broad SMARTS) is 1. The van der Waals surface area contributed by atoms with Crippen molar-refractivity contribution in [1.82, 2.24) is 9.97 Å². The first-order chi connectivity index (χ1) is 13.2. The zero-order valence-electron chi connectivity index (χ0n) is 14.7. The first-order valence-corrected chi connectivity index (χ1v) is 8.83. The third-order valence-corrected chi connectivity index (χ3v) is 4.51. The van der Waals surface area contributed by atoms with E-state index in [4.69, 9.17) is 24.5 Å². The van der Waals surface area contributed by atoms with E-state index in [9.17, 15) is 18.0 Å². The van der Waals surface area contributed by atoms with Crippen molar-refractivity contribution in [1.29, 1.82) is 0 Å². The molecule has 2 rings (SSSR count). The number of urea groups is 1. The van der Waals surface area contributed by atoms with Crippen LogP contribution in [0.4, 0.5) is 10.7 Å². The van der Waals surface area contributed by atoms with E-state index >= 15 is 0 Å². The van der Waals surface area contributed by atoms with Crippen molar-refractivity contribution < 1.29 is 36.8 Å². The molecule has 1 heterocycles. The van der Waals surface area contributed by atoms with Crippen molar-refractivity contribution in [3.8, 4) is 11.8 Å². The lowest BCUT2D eigenvalue weighted by molar-refractivity contribution is 0.0693. The van der Waals surface area contributed by atoms with Crippen LogP contribution in [0, 0.1) is 0 Å². The molecular weight excluding hydrogens is 396 g/mol. The van der Waals surface area contributed by atoms with Gasteiger partial charge in [-0.2, -0.15) is 18.4 Å². The molecule has 13 heteroatoms. The van der Waals surface area contributed by atoms with Crippen LogP contribution >= 0.6 is 0 Å². The van der Waals surface area contributed by atoms with Gasteiger partial charge in [-0.15, -0.1) is 4.31 Å². The summed E-state index contributed by atoms with van der Waals surface area (Å²) in [5, 5.41) is 9.15. The molecule has 0 aliphatic carbocycles. The number of anilines is 1. The van der Waals surface area contributed by atoms with Crippen LogP contribution in [-0.2, 0) is 21.1 Å². The van der Waals surface area contributed by atoms with Crippen LogP contribution in [0.1, 0.15) is 15.9 Å². The second kappa shape index (κ2) is 8.49. The number of primary amides is 1. The van der Waals surface area contributed by atoms with Gasteiger partial charge >= 0.3 is 22.3 Å². The molecule has 1 aromatic heterocycles. The first-order valence-electron chi connectivity index (χ1n) is 7.47. The fourth-order valence-electron chi connectivity index (χ4n) is 2.05. The maximum absolute atomic E-state index is 12.5. The smallest absolute Gasteiger partial charge is 0.373 e. The molecular formula is C15H16N4O8S. The number of carbonyl (C=O) groups excluding carboxylic acids is 1. The van der Waals surface area contributed by atoms with E-state index in [0.717, 1.165) is 0 Å². The maximum atomic E-state index is 12.5. The summed E-state index contributed by atoms with van der Waals surface area (Å²) >= 11 is 0. The summed E-state index contributed by atoms with van der Waals surface area (Å²) in [5.74, 6) is -2.14. The van der Waals surface area contributed by atoms with Crippen molar-refractivity contribution in [3.63, 3.8) is 0 Å². The molecule has 2 aromatic rings. The van der Waals surface area contributed by atoms with E-state index in [1.165, 1.54) is 44.6 Å². The number of hydrogen-bond acceptors (Lipinski definition) is 9. The minimum Gasteiger partial charge on any atom is -0.481 e. The minimum atomic E-state index is -4.84. The average molecular weight is 412 g/mol. The highest BCUT2D eigenvalue weighted by molar-refractivity contribution is 7.88. The standard InChI is InChI=1S/C15H16N4O8S/c1-25-11-7-12(26-2)18-15(17-11)19(14(16)22)28(23,24)27-8-9-5-3-4-6-10(9)13(20)21/h3-7H,8H2,1-2H3,(H2,16,22)(H,20,21). The SMILES string of the molecule is COc1cc(OC)nc(N(C(N)=O)S(=O)(=O)OCc2ccccc2C(=O)O)n1. The predicted molar refractivity (Wildman–Crippen MR) is 94.3 cm³/mol. The Morgan fingerprint density at radius 2 is 1.71 bits per heavy atom. The van der Waals surface area contributed by atoms with Crippen molar-refractivity contribution in [2.24, 2.45) is 5.73 Å². The minimum absolute atomic E-state index is 0.00141. The van der Waals surface area contributed by atoms with Gasteiger partial charge in [-0.25, -0.2) is 13.8 Å². The van der Waals surface area contributed by atoms with Crippen molar-refractivity contribution in [3.05, 3.63) is 41.5 Å². The van der Waals surface area contributed by atoms with Gasteiger partial charge in [0.1, 0.15) is 0 Å². The summed E-state index contributed by atoms with van der Waals surface area (Å²) in [4.78, 5) is 30.5. The molecule has 3 N–H and O–H groups in total. The first kappa shape index (κ1) is 20.9. The third kappa shape index (κ3) is 4.63. The van der Waals surface area contributed by atoms with E-state index in [-0.39, 0.29) is 27.2 Å². The number of hydrogen-bond donors (Lipinski definition) is 2. The quantitative estimate of drug-likeness (QED) is 0.623. The highest BCUT2D eigenvalue weighted by Gasteiger charge is 2.32. The number of benzene rings is 1. The molecule has 28 heavy (non-hydrogen) atoms. The molecule has 0 aliphatic heterocycles. The zero-order chi connectivity index (χ0) is 20.9. The Morgan fingerprint density at radius 3 is 2.21 bits per heavy atom. The number of aromatic nitrogens is 2. The monoisotopic (exact) mass is 412 g/mol. The molecule has 1 aromatic carbocycles. The number of aromatic carboxylic acids is 1. The Bertz CT molecular complexity index is 973. The number of ether oxygens (including phenoxy) is 2. The van der Waals surface area contributed by atoms with Gasteiger partial charge in [-0.1, -0.05) is 18.2 Å². The Kier molecular flexibility index (Phi) is 6.33. The topological polar surface area (TPSA) is 171 Å². The van der Waals surface area contributed by atoms with Crippen LogP contribution in [0.25, 0.3) is 0 Å².